The first-order valence-corrected chi connectivity index (χ1v) is 9.89. The molecule has 0 aliphatic heterocycles. The second-order valence-electron chi connectivity index (χ2n) is 7.44. The topological polar surface area (TPSA) is 69.6 Å². The Balaban J connectivity index is 1.79. The number of fused-ring (bicyclic) bond motifs is 3. The van der Waals surface area contributed by atoms with Crippen LogP contribution in [0.15, 0.2) is 54.7 Å². The molecule has 0 fully saturated rings. The zero-order valence-corrected chi connectivity index (χ0v) is 16.0. The summed E-state index contributed by atoms with van der Waals surface area (Å²) in [6.45, 7) is 2.24. The van der Waals surface area contributed by atoms with Gasteiger partial charge in [-0.2, -0.15) is 0 Å². The number of hydrogen-bond donors (Lipinski definition) is 1. The minimum Gasteiger partial charge on any atom is -0.383 e. The second-order valence-corrected chi connectivity index (χ2v) is 7.44. The second kappa shape index (κ2) is 6.75. The molecule has 0 radical (unpaired) electrons. The minimum atomic E-state index is 0.177. The lowest BCUT2D eigenvalue weighted by molar-refractivity contribution is 0.581. The number of aromatic nitrogens is 4. The summed E-state index contributed by atoms with van der Waals surface area (Å²) in [5.41, 5.74) is 12.1. The van der Waals surface area contributed by atoms with E-state index in [2.05, 4.69) is 51.8 Å². The molecule has 140 valence electrons. The van der Waals surface area contributed by atoms with Crippen LogP contribution in [0.2, 0.25) is 0 Å². The van der Waals surface area contributed by atoms with Crippen LogP contribution < -0.4 is 5.73 Å². The molecule has 5 nitrogen and oxygen atoms in total. The Bertz CT molecular complexity index is 1130. The maximum Gasteiger partial charge on any atom is 0.182 e. The highest BCUT2D eigenvalue weighted by Gasteiger charge is 2.27. The van der Waals surface area contributed by atoms with Crippen LogP contribution in [0.5, 0.6) is 0 Å². The lowest BCUT2D eigenvalue weighted by Crippen LogP contribution is -2.13. The van der Waals surface area contributed by atoms with Gasteiger partial charge < -0.3 is 10.3 Å². The molecule has 1 aliphatic carbocycles. The Morgan fingerprint density at radius 1 is 0.964 bits per heavy atom. The quantitative estimate of drug-likeness (QED) is 0.574. The lowest BCUT2D eigenvalue weighted by Gasteiger charge is -2.21. The summed E-state index contributed by atoms with van der Waals surface area (Å²) in [6, 6.07) is 16.5. The molecular formula is C23H23N5. The molecule has 1 atom stereocenters. The molecule has 0 unspecified atom stereocenters. The van der Waals surface area contributed by atoms with Crippen molar-refractivity contribution in [2.24, 2.45) is 0 Å². The first-order chi connectivity index (χ1) is 13.7. The van der Waals surface area contributed by atoms with Gasteiger partial charge in [-0.25, -0.2) is 9.97 Å². The van der Waals surface area contributed by atoms with Crippen molar-refractivity contribution in [3.8, 4) is 11.5 Å². The Hall–Kier alpha value is -3.21. The van der Waals surface area contributed by atoms with Crippen molar-refractivity contribution in [2.75, 3.05) is 5.73 Å². The van der Waals surface area contributed by atoms with E-state index < -0.39 is 0 Å². The van der Waals surface area contributed by atoms with E-state index in [9.17, 15) is 0 Å². The van der Waals surface area contributed by atoms with Gasteiger partial charge in [0.05, 0.1) is 11.4 Å². The van der Waals surface area contributed by atoms with Crippen LogP contribution in [0.4, 0.5) is 5.82 Å². The molecule has 4 aromatic rings. The summed E-state index contributed by atoms with van der Waals surface area (Å²) in [6.07, 6.45) is 6.24. The predicted molar refractivity (Wildman–Crippen MR) is 112 cm³/mol. The maximum atomic E-state index is 6.48. The van der Waals surface area contributed by atoms with Crippen LogP contribution >= 0.6 is 0 Å². The highest BCUT2D eigenvalue weighted by molar-refractivity contribution is 5.93. The van der Waals surface area contributed by atoms with E-state index in [1.807, 2.05) is 18.2 Å². The highest BCUT2D eigenvalue weighted by Crippen LogP contribution is 2.38. The number of nitrogens with zero attached hydrogens (tertiary/aromatic N) is 4. The molecule has 28 heavy (non-hydrogen) atoms. The van der Waals surface area contributed by atoms with Crippen LogP contribution in [0.1, 0.15) is 42.6 Å². The van der Waals surface area contributed by atoms with Gasteiger partial charge in [0.1, 0.15) is 17.2 Å². The summed E-state index contributed by atoms with van der Waals surface area (Å²) in [4.78, 5) is 14.0. The van der Waals surface area contributed by atoms with E-state index in [1.54, 1.807) is 6.20 Å². The first kappa shape index (κ1) is 16.9. The van der Waals surface area contributed by atoms with E-state index in [-0.39, 0.29) is 6.04 Å². The molecule has 3 aromatic heterocycles. The fraction of sp³-hybridized carbons (Fsp3) is 0.261. The molecule has 1 aromatic carbocycles. The van der Waals surface area contributed by atoms with Crippen LogP contribution in [-0.2, 0) is 12.8 Å². The van der Waals surface area contributed by atoms with E-state index in [0.717, 1.165) is 29.6 Å². The van der Waals surface area contributed by atoms with Crippen molar-refractivity contribution in [1.82, 2.24) is 19.5 Å². The van der Waals surface area contributed by atoms with Crippen molar-refractivity contribution in [2.45, 2.75) is 38.6 Å². The van der Waals surface area contributed by atoms with Crippen molar-refractivity contribution in [3.63, 3.8) is 0 Å². The number of nitrogen functional groups attached to an aromatic ring is 1. The van der Waals surface area contributed by atoms with Crippen LogP contribution in [0.25, 0.3) is 22.6 Å². The summed E-state index contributed by atoms with van der Waals surface area (Å²) < 4.78 is 2.38. The Labute approximate surface area is 164 Å². The number of rotatable bonds is 3. The highest BCUT2D eigenvalue weighted by atomic mass is 15.1. The maximum absolute atomic E-state index is 6.48. The van der Waals surface area contributed by atoms with E-state index in [4.69, 9.17) is 10.7 Å². The molecule has 0 bridgehead atoms. The largest absolute Gasteiger partial charge is 0.383 e. The third-order valence-corrected chi connectivity index (χ3v) is 5.74. The van der Waals surface area contributed by atoms with Crippen LogP contribution in [0, 0.1) is 0 Å². The zero-order valence-electron chi connectivity index (χ0n) is 16.0. The number of hydrogen-bond acceptors (Lipinski definition) is 4. The fourth-order valence-electron chi connectivity index (χ4n) is 4.39. The van der Waals surface area contributed by atoms with E-state index >= 15 is 0 Å². The minimum absolute atomic E-state index is 0.177. The number of aryl methyl sites for hydroxylation is 1. The number of anilines is 1. The van der Waals surface area contributed by atoms with Gasteiger partial charge in [-0.05, 0) is 55.9 Å². The summed E-state index contributed by atoms with van der Waals surface area (Å²) in [7, 11) is 0. The van der Waals surface area contributed by atoms with Gasteiger partial charge in [0.25, 0.3) is 0 Å². The summed E-state index contributed by atoms with van der Waals surface area (Å²) in [5, 5.41) is 1.03. The Morgan fingerprint density at radius 3 is 2.54 bits per heavy atom. The molecule has 0 amide bonds. The molecule has 0 saturated carbocycles. The number of benzene rings is 1. The summed E-state index contributed by atoms with van der Waals surface area (Å²) in [5.74, 6) is 1.14. The fourth-order valence-corrected chi connectivity index (χ4v) is 4.39. The Morgan fingerprint density at radius 2 is 1.75 bits per heavy atom. The van der Waals surface area contributed by atoms with E-state index in [0.29, 0.717) is 11.6 Å². The molecular weight excluding hydrogens is 346 g/mol. The van der Waals surface area contributed by atoms with Crippen molar-refractivity contribution >= 4 is 16.9 Å². The average molecular weight is 369 g/mol. The molecule has 0 saturated heterocycles. The molecule has 3 heterocycles. The molecule has 1 aliphatic rings. The van der Waals surface area contributed by atoms with Crippen LogP contribution in [0.3, 0.4) is 0 Å². The summed E-state index contributed by atoms with van der Waals surface area (Å²) >= 11 is 0. The third kappa shape index (κ3) is 2.66. The van der Waals surface area contributed by atoms with Gasteiger partial charge in [0.2, 0.25) is 0 Å². The van der Waals surface area contributed by atoms with Crippen LogP contribution in [-0.4, -0.2) is 19.5 Å². The van der Waals surface area contributed by atoms with Crippen molar-refractivity contribution in [1.29, 1.82) is 0 Å². The van der Waals surface area contributed by atoms with Gasteiger partial charge >= 0.3 is 0 Å². The van der Waals surface area contributed by atoms with E-state index in [1.165, 1.54) is 29.7 Å². The molecule has 0 spiro atoms. The average Bonchev–Trinajstić information content (AvgIpc) is 3.09. The lowest BCUT2D eigenvalue weighted by atomic mass is 9.95. The molecule has 5 heteroatoms. The van der Waals surface area contributed by atoms with Crippen molar-refractivity contribution < 1.29 is 0 Å². The predicted octanol–water partition coefficient (Wildman–Crippen LogP) is 4.56. The third-order valence-electron chi connectivity index (χ3n) is 5.74. The number of nitrogens with two attached hydrogens (primary N) is 1. The molecule has 5 rings (SSSR count). The normalized spacial score (nSPS) is 14.8. The number of pyridine rings is 1. The zero-order chi connectivity index (χ0) is 19.1. The van der Waals surface area contributed by atoms with Gasteiger partial charge in [-0.3, -0.25) is 4.98 Å². The van der Waals surface area contributed by atoms with Gasteiger partial charge in [0.15, 0.2) is 5.82 Å². The standard InChI is InChI=1S/C23H23N5/c1-15(16-9-3-2-4-10-16)28-19-13-6-5-11-17(19)20-21(24)26-22(27-23(20)28)18-12-7-8-14-25-18/h2-4,7-10,12,14-15H,5-6,11,13H2,1H3,(H2,24,26,27)/t15-/m0/s1. The Kier molecular flexibility index (Phi) is 4.08. The van der Waals surface area contributed by atoms with Crippen molar-refractivity contribution in [3.05, 3.63) is 71.5 Å². The SMILES string of the molecule is C[C@@H](c1ccccc1)n1c2c(c3c(N)nc(-c4ccccn4)nc31)CCCC2. The monoisotopic (exact) mass is 369 g/mol. The van der Waals surface area contributed by atoms with Gasteiger partial charge in [0, 0.05) is 11.9 Å². The van der Waals surface area contributed by atoms with Gasteiger partial charge in [-0.15, -0.1) is 0 Å². The molecule has 2 N–H and O–H groups in total. The van der Waals surface area contributed by atoms with Gasteiger partial charge in [-0.1, -0.05) is 36.4 Å². The first-order valence-electron chi connectivity index (χ1n) is 9.89. The smallest absolute Gasteiger partial charge is 0.182 e.